The molecule has 2 fully saturated rings. The zero-order chi connectivity index (χ0) is 23.9. The molecule has 7 nitrogen and oxygen atoms in total. The van der Waals surface area contributed by atoms with Crippen LogP contribution < -0.4 is 10.3 Å². The number of fused-ring (bicyclic) bond motifs is 1. The maximum Gasteiger partial charge on any atom is 0.416 e. The molecule has 3 atom stereocenters. The number of likely N-dealkylation sites (tertiary alicyclic amines) is 1. The standard InChI is InChI=1S/C23H29F3N6OS/c1-15-12-20(33-29-15)21-27-28-22(30(21)2)34-11-3-9-31-13-16-8-10-32(19(16)14-31)18-6-4-17(5-7-18)23(24,25)26/h4-7,12,16,19,22,28H,3,8-11,13-14H2,1-2H3. The second-order valence-electron chi connectivity index (χ2n) is 9.20. The summed E-state index contributed by atoms with van der Waals surface area (Å²) in [5, 5.41) is 8.32. The van der Waals surface area contributed by atoms with E-state index in [1.165, 1.54) is 12.1 Å². The molecule has 0 amide bonds. The first-order valence-electron chi connectivity index (χ1n) is 11.6. The number of benzene rings is 1. The molecule has 3 aliphatic heterocycles. The fourth-order valence-corrected chi connectivity index (χ4v) is 6.09. The largest absolute Gasteiger partial charge is 0.416 e. The van der Waals surface area contributed by atoms with Gasteiger partial charge >= 0.3 is 6.18 Å². The lowest BCUT2D eigenvalue weighted by molar-refractivity contribution is -0.137. The van der Waals surface area contributed by atoms with Gasteiger partial charge in [0, 0.05) is 44.5 Å². The Kier molecular flexibility index (Phi) is 6.41. The number of nitrogens with one attached hydrogen (secondary N) is 1. The van der Waals surface area contributed by atoms with Gasteiger partial charge in [-0.3, -0.25) is 5.43 Å². The number of alkyl halides is 3. The van der Waals surface area contributed by atoms with Gasteiger partial charge in [0.2, 0.25) is 5.76 Å². The first kappa shape index (κ1) is 23.3. The first-order valence-corrected chi connectivity index (χ1v) is 12.6. The number of hydrazone groups is 1. The summed E-state index contributed by atoms with van der Waals surface area (Å²) in [6.07, 6.45) is -2.14. The van der Waals surface area contributed by atoms with E-state index in [1.54, 1.807) is 12.1 Å². The molecule has 0 bridgehead atoms. The van der Waals surface area contributed by atoms with Crippen LogP contribution in [0.3, 0.4) is 0 Å². The lowest BCUT2D eigenvalue weighted by Gasteiger charge is -2.27. The molecule has 0 spiro atoms. The predicted octanol–water partition coefficient (Wildman–Crippen LogP) is 3.82. The number of hydrogen-bond donors (Lipinski definition) is 1. The van der Waals surface area contributed by atoms with Crippen molar-refractivity contribution in [3.05, 3.63) is 47.3 Å². The molecule has 1 aromatic heterocycles. The quantitative estimate of drug-likeness (QED) is 0.588. The molecule has 0 aliphatic carbocycles. The third-order valence-corrected chi connectivity index (χ3v) is 8.12. The molecule has 1 N–H and O–H groups in total. The topological polar surface area (TPSA) is 60.1 Å². The van der Waals surface area contributed by atoms with Crippen molar-refractivity contribution in [2.75, 3.05) is 43.9 Å². The molecule has 1 aromatic carbocycles. The number of hydrogen-bond acceptors (Lipinski definition) is 8. The number of aryl methyl sites for hydroxylation is 1. The zero-order valence-electron chi connectivity index (χ0n) is 19.3. The molecule has 0 radical (unpaired) electrons. The molecule has 5 rings (SSSR count). The highest BCUT2D eigenvalue weighted by molar-refractivity contribution is 7.99. The third kappa shape index (κ3) is 4.72. The van der Waals surface area contributed by atoms with Gasteiger partial charge in [0.1, 0.15) is 0 Å². The summed E-state index contributed by atoms with van der Waals surface area (Å²) in [6, 6.07) is 7.88. The van der Waals surface area contributed by atoms with Crippen molar-refractivity contribution in [2.45, 2.75) is 37.5 Å². The smallest absolute Gasteiger partial charge is 0.367 e. The minimum absolute atomic E-state index is 0.0635. The number of aromatic nitrogens is 1. The molecule has 184 valence electrons. The summed E-state index contributed by atoms with van der Waals surface area (Å²) in [7, 11) is 1.99. The molecule has 4 heterocycles. The van der Waals surface area contributed by atoms with Crippen molar-refractivity contribution < 1.29 is 17.7 Å². The minimum atomic E-state index is -4.29. The number of halogens is 3. The van der Waals surface area contributed by atoms with Crippen LogP contribution in [0.15, 0.2) is 40.0 Å². The molecule has 3 aliphatic rings. The molecular formula is C23H29F3N6OS. The molecule has 2 saturated heterocycles. The van der Waals surface area contributed by atoms with Crippen molar-refractivity contribution in [3.63, 3.8) is 0 Å². The first-order chi connectivity index (χ1) is 16.3. The zero-order valence-corrected chi connectivity index (χ0v) is 20.1. The SMILES string of the molecule is Cc1cc(C2=NNC(SCCCN3CC4CCN(c5ccc(C(F)(F)F)cc5)C4C3)N2C)on1. The fraction of sp³-hybridized carbons (Fsp3) is 0.565. The van der Waals surface area contributed by atoms with Gasteiger partial charge in [-0.15, -0.1) is 11.8 Å². The lowest BCUT2D eigenvalue weighted by atomic mass is 10.0. The van der Waals surface area contributed by atoms with Crippen LogP contribution in [-0.4, -0.2) is 71.3 Å². The van der Waals surface area contributed by atoms with E-state index in [0.29, 0.717) is 17.7 Å². The monoisotopic (exact) mass is 494 g/mol. The third-order valence-electron chi connectivity index (χ3n) is 6.86. The van der Waals surface area contributed by atoms with Gasteiger partial charge in [-0.05, 0) is 62.2 Å². The fourth-order valence-electron chi connectivity index (χ4n) is 5.12. The van der Waals surface area contributed by atoms with E-state index in [0.717, 1.165) is 62.0 Å². The summed E-state index contributed by atoms with van der Waals surface area (Å²) < 4.78 is 44.0. The van der Waals surface area contributed by atoms with E-state index in [-0.39, 0.29) is 5.50 Å². The van der Waals surface area contributed by atoms with E-state index in [9.17, 15) is 13.2 Å². The van der Waals surface area contributed by atoms with Gasteiger partial charge < -0.3 is 19.2 Å². The van der Waals surface area contributed by atoms with Crippen LogP contribution in [0, 0.1) is 12.8 Å². The maximum absolute atomic E-state index is 12.9. The molecular weight excluding hydrogens is 465 g/mol. The van der Waals surface area contributed by atoms with Crippen LogP contribution in [0.4, 0.5) is 18.9 Å². The van der Waals surface area contributed by atoms with Gasteiger partial charge in [0.15, 0.2) is 11.3 Å². The Morgan fingerprint density at radius 3 is 2.71 bits per heavy atom. The lowest BCUT2D eigenvalue weighted by Crippen LogP contribution is -2.36. The molecule has 3 unspecified atom stereocenters. The van der Waals surface area contributed by atoms with Crippen LogP contribution in [0.2, 0.25) is 0 Å². The van der Waals surface area contributed by atoms with Crippen LogP contribution >= 0.6 is 11.8 Å². The Morgan fingerprint density at radius 2 is 2.00 bits per heavy atom. The summed E-state index contributed by atoms with van der Waals surface area (Å²) in [4.78, 5) is 6.85. The summed E-state index contributed by atoms with van der Waals surface area (Å²) in [5.74, 6) is 3.00. The second-order valence-corrected chi connectivity index (χ2v) is 10.4. The number of amidine groups is 1. The van der Waals surface area contributed by atoms with Crippen molar-refractivity contribution in [1.29, 1.82) is 0 Å². The van der Waals surface area contributed by atoms with Crippen LogP contribution in [0.25, 0.3) is 0 Å². The van der Waals surface area contributed by atoms with Crippen molar-refractivity contribution in [1.82, 2.24) is 20.4 Å². The maximum atomic E-state index is 12.9. The van der Waals surface area contributed by atoms with Crippen molar-refractivity contribution in [3.8, 4) is 0 Å². The number of rotatable bonds is 7. The number of nitrogens with zero attached hydrogens (tertiary/aromatic N) is 5. The number of anilines is 1. The van der Waals surface area contributed by atoms with Gasteiger partial charge in [-0.25, -0.2) is 0 Å². The van der Waals surface area contributed by atoms with Crippen LogP contribution in [-0.2, 0) is 6.18 Å². The van der Waals surface area contributed by atoms with E-state index >= 15 is 0 Å². The predicted molar refractivity (Wildman–Crippen MR) is 127 cm³/mol. The minimum Gasteiger partial charge on any atom is -0.367 e. The number of thioether (sulfide) groups is 1. The van der Waals surface area contributed by atoms with E-state index in [2.05, 4.69) is 30.4 Å². The second kappa shape index (κ2) is 9.33. The Bertz CT molecular complexity index is 1030. The Labute approximate surface area is 201 Å². The van der Waals surface area contributed by atoms with Crippen molar-refractivity contribution >= 4 is 23.3 Å². The Balaban J connectivity index is 1.07. The average molecular weight is 495 g/mol. The molecule has 34 heavy (non-hydrogen) atoms. The Morgan fingerprint density at radius 1 is 1.21 bits per heavy atom. The van der Waals surface area contributed by atoms with E-state index < -0.39 is 11.7 Å². The van der Waals surface area contributed by atoms with E-state index in [1.807, 2.05) is 31.8 Å². The van der Waals surface area contributed by atoms with Crippen LogP contribution in [0.1, 0.15) is 29.9 Å². The molecule has 0 saturated carbocycles. The van der Waals surface area contributed by atoms with Crippen LogP contribution in [0.5, 0.6) is 0 Å². The normalized spacial score (nSPS) is 25.1. The highest BCUT2D eigenvalue weighted by Gasteiger charge is 2.41. The summed E-state index contributed by atoms with van der Waals surface area (Å²) >= 11 is 1.81. The van der Waals surface area contributed by atoms with Gasteiger partial charge in [0.05, 0.1) is 11.3 Å². The molecule has 2 aromatic rings. The van der Waals surface area contributed by atoms with Gasteiger partial charge in [0.25, 0.3) is 0 Å². The Hall–Kier alpha value is -2.40. The van der Waals surface area contributed by atoms with Gasteiger partial charge in [-0.1, -0.05) is 5.16 Å². The summed E-state index contributed by atoms with van der Waals surface area (Å²) in [5.41, 5.74) is 4.36. The highest BCUT2D eigenvalue weighted by atomic mass is 32.2. The molecule has 11 heteroatoms. The summed E-state index contributed by atoms with van der Waals surface area (Å²) in [6.45, 7) is 5.85. The van der Waals surface area contributed by atoms with Gasteiger partial charge in [-0.2, -0.15) is 18.3 Å². The van der Waals surface area contributed by atoms with E-state index in [4.69, 9.17) is 4.52 Å². The average Bonchev–Trinajstić information content (AvgIpc) is 3.56. The van der Waals surface area contributed by atoms with Crippen molar-refractivity contribution in [2.24, 2.45) is 11.0 Å². The highest BCUT2D eigenvalue weighted by Crippen LogP contribution is 2.37.